The predicted molar refractivity (Wildman–Crippen MR) is 91.7 cm³/mol. The van der Waals surface area contributed by atoms with E-state index >= 15 is 0 Å². The zero-order valence-corrected chi connectivity index (χ0v) is 16.3. The first-order chi connectivity index (χ1) is 9.63. The van der Waals surface area contributed by atoms with Crippen molar-refractivity contribution in [2.45, 2.75) is 89.6 Å². The van der Waals surface area contributed by atoms with Gasteiger partial charge in [0.05, 0.1) is 0 Å². The standard InChI is InChI=1S/2C10H17.Al/c2*1-9(2)8-4-6-10(9,3)7-5-8;/h2*6,8H,4-5,7H2,1-3H3;. The average Bonchev–Trinajstić information content (AvgIpc) is 2.90. The van der Waals surface area contributed by atoms with Crippen LogP contribution in [0.25, 0.3) is 0 Å². The van der Waals surface area contributed by atoms with E-state index in [2.05, 4.69) is 41.5 Å². The lowest BCUT2D eigenvalue weighted by Crippen LogP contribution is -2.37. The van der Waals surface area contributed by atoms with Crippen molar-refractivity contribution >= 4 is 15.2 Å². The Balaban J connectivity index is 1.57. The van der Waals surface area contributed by atoms with Gasteiger partial charge in [0.2, 0.25) is 15.2 Å². The second-order valence-electron chi connectivity index (χ2n) is 10.6. The largest absolute Gasteiger partial charge is 0.212 e. The van der Waals surface area contributed by atoms with Gasteiger partial charge in [-0.3, -0.25) is 0 Å². The van der Waals surface area contributed by atoms with Gasteiger partial charge < -0.3 is 0 Å². The second-order valence-corrected chi connectivity index (χ2v) is 12.6. The highest BCUT2D eigenvalue weighted by Gasteiger charge is 2.65. The lowest BCUT2D eigenvalue weighted by atomic mass is 9.70. The van der Waals surface area contributed by atoms with E-state index in [9.17, 15) is 0 Å². The molecule has 0 aliphatic heterocycles. The molecule has 4 saturated carbocycles. The van der Waals surface area contributed by atoms with Gasteiger partial charge in [-0.05, 0) is 59.2 Å². The molecule has 0 amide bonds. The van der Waals surface area contributed by atoms with Crippen molar-refractivity contribution < 1.29 is 0 Å². The molecular weight excluding hydrogens is 267 g/mol. The molecule has 4 aliphatic carbocycles. The van der Waals surface area contributed by atoms with Crippen LogP contribution in [0.4, 0.5) is 0 Å². The van der Waals surface area contributed by atoms with E-state index in [0.717, 1.165) is 21.4 Å². The third kappa shape index (κ3) is 1.59. The van der Waals surface area contributed by atoms with Crippen molar-refractivity contribution in [1.82, 2.24) is 0 Å². The summed E-state index contributed by atoms with van der Waals surface area (Å²) < 4.78 is 2.20. The van der Waals surface area contributed by atoms with Gasteiger partial charge in [-0.2, -0.15) is 0 Å². The molecule has 6 unspecified atom stereocenters. The highest BCUT2D eigenvalue weighted by Crippen LogP contribution is 2.74. The molecule has 6 atom stereocenters. The van der Waals surface area contributed by atoms with Crippen LogP contribution < -0.4 is 0 Å². The fourth-order valence-corrected chi connectivity index (χ4v) is 11.0. The van der Waals surface area contributed by atoms with Crippen LogP contribution in [0.5, 0.6) is 0 Å². The van der Waals surface area contributed by atoms with Crippen molar-refractivity contribution in [1.29, 1.82) is 0 Å². The third-order valence-electron chi connectivity index (χ3n) is 10.2. The molecule has 4 aliphatic rings. The van der Waals surface area contributed by atoms with Gasteiger partial charge in [-0.1, -0.05) is 63.9 Å². The first-order valence-electron chi connectivity index (χ1n) is 9.48. The summed E-state index contributed by atoms with van der Waals surface area (Å²) in [4.78, 5) is 0. The zero-order valence-electron chi connectivity index (χ0n) is 15.1. The Labute approximate surface area is 138 Å². The fourth-order valence-electron chi connectivity index (χ4n) is 7.39. The van der Waals surface area contributed by atoms with E-state index in [0.29, 0.717) is 36.9 Å². The van der Waals surface area contributed by atoms with Gasteiger partial charge in [-0.25, -0.2) is 0 Å². The summed E-state index contributed by atoms with van der Waals surface area (Å²) in [6.45, 7) is 15.7. The van der Waals surface area contributed by atoms with E-state index < -0.39 is 0 Å². The average molecular weight is 301 g/mol. The van der Waals surface area contributed by atoms with E-state index in [1.165, 1.54) is 25.7 Å². The topological polar surface area (TPSA) is 0 Å². The Hall–Kier alpha value is 0.532. The van der Waals surface area contributed by atoms with Gasteiger partial charge in [0, 0.05) is 0 Å². The van der Waals surface area contributed by atoms with Gasteiger partial charge >= 0.3 is 0 Å². The van der Waals surface area contributed by atoms with Crippen LogP contribution in [0.15, 0.2) is 0 Å². The molecule has 4 fully saturated rings. The van der Waals surface area contributed by atoms with Crippen LogP contribution in [0.2, 0.25) is 9.56 Å². The highest BCUT2D eigenvalue weighted by molar-refractivity contribution is 6.40. The Kier molecular flexibility index (Phi) is 2.97. The normalized spacial score (nSPS) is 56.1. The van der Waals surface area contributed by atoms with E-state index in [-0.39, 0.29) is 0 Å². The minimum atomic E-state index is 0.624. The molecule has 21 heavy (non-hydrogen) atoms. The van der Waals surface area contributed by atoms with Crippen molar-refractivity contribution in [3.63, 3.8) is 0 Å². The summed E-state index contributed by atoms with van der Waals surface area (Å²) in [6.07, 6.45) is 9.26. The minimum Gasteiger partial charge on any atom is -0.0869 e. The van der Waals surface area contributed by atoms with Crippen LogP contribution >= 0.6 is 0 Å². The lowest BCUT2D eigenvalue weighted by Gasteiger charge is -2.44. The van der Waals surface area contributed by atoms with Crippen LogP contribution in [-0.4, -0.2) is 15.2 Å². The van der Waals surface area contributed by atoms with Crippen molar-refractivity contribution in [2.75, 3.05) is 0 Å². The zero-order chi connectivity index (χ0) is 15.3. The van der Waals surface area contributed by atoms with Crippen molar-refractivity contribution in [3.05, 3.63) is 0 Å². The van der Waals surface area contributed by atoms with Gasteiger partial charge in [-0.15, -0.1) is 0 Å². The monoisotopic (exact) mass is 301 g/mol. The summed E-state index contributed by atoms with van der Waals surface area (Å²) in [5, 5.41) is 0. The SMILES string of the molecule is CC1(C)C2CCC1(C)[CH]([Al][CH]1CC3CCC1(C)C3(C)C)C2. The molecule has 0 saturated heterocycles. The molecule has 0 N–H and O–H groups in total. The number of rotatable bonds is 2. The molecule has 0 aromatic heterocycles. The van der Waals surface area contributed by atoms with Crippen LogP contribution in [0.1, 0.15) is 80.1 Å². The Morgan fingerprint density at radius 1 is 0.667 bits per heavy atom. The van der Waals surface area contributed by atoms with Crippen molar-refractivity contribution in [2.24, 2.45) is 33.5 Å². The van der Waals surface area contributed by atoms with Crippen molar-refractivity contribution in [3.8, 4) is 0 Å². The van der Waals surface area contributed by atoms with Gasteiger partial charge in [0.15, 0.2) is 0 Å². The fraction of sp³-hybridized carbons (Fsp3) is 1.00. The molecule has 0 aromatic rings. The maximum Gasteiger partial charge on any atom is 0.212 e. The minimum absolute atomic E-state index is 0.624. The van der Waals surface area contributed by atoms with Crippen LogP contribution in [0, 0.1) is 33.5 Å². The van der Waals surface area contributed by atoms with Crippen LogP contribution in [-0.2, 0) is 0 Å². The molecule has 0 aromatic carbocycles. The van der Waals surface area contributed by atoms with E-state index in [1.807, 2.05) is 0 Å². The highest BCUT2D eigenvalue weighted by atomic mass is 27.1. The molecule has 1 radical (unpaired) electrons. The van der Waals surface area contributed by atoms with Gasteiger partial charge in [0.25, 0.3) is 0 Å². The maximum absolute atomic E-state index is 2.67. The Morgan fingerprint density at radius 3 is 1.29 bits per heavy atom. The third-order valence-corrected chi connectivity index (χ3v) is 13.1. The summed E-state index contributed by atoms with van der Waals surface area (Å²) in [7, 11) is 0. The number of hydrogen-bond acceptors (Lipinski definition) is 0. The molecule has 0 spiro atoms. The maximum atomic E-state index is 2.67. The Morgan fingerprint density at radius 2 is 1.05 bits per heavy atom. The summed E-state index contributed by atoms with van der Waals surface area (Å²) in [5.74, 6) is 2.08. The Bertz CT molecular complexity index is 422. The molecule has 117 valence electrons. The first-order valence-corrected chi connectivity index (χ1v) is 10.8. The summed E-state index contributed by atoms with van der Waals surface area (Å²) >= 11 is 0.654. The van der Waals surface area contributed by atoms with E-state index in [1.54, 1.807) is 12.8 Å². The molecular formula is C20H34Al. The van der Waals surface area contributed by atoms with Crippen LogP contribution in [0.3, 0.4) is 0 Å². The number of fused-ring (bicyclic) bond motifs is 4. The van der Waals surface area contributed by atoms with E-state index in [4.69, 9.17) is 0 Å². The first kappa shape index (κ1) is 15.1. The summed E-state index contributed by atoms with van der Waals surface area (Å²) in [5.41, 5.74) is 2.60. The molecule has 4 bridgehead atoms. The van der Waals surface area contributed by atoms with Gasteiger partial charge in [0.1, 0.15) is 0 Å². The summed E-state index contributed by atoms with van der Waals surface area (Å²) in [6, 6.07) is 0. The number of hydrogen-bond donors (Lipinski definition) is 0. The molecule has 4 rings (SSSR count). The smallest absolute Gasteiger partial charge is 0.0869 e. The molecule has 1 heteroatoms. The molecule has 0 heterocycles. The lowest BCUT2D eigenvalue weighted by molar-refractivity contribution is 0.142. The molecule has 0 nitrogen and oxygen atoms in total. The quantitative estimate of drug-likeness (QED) is 0.552. The second kappa shape index (κ2) is 4.13. The predicted octanol–water partition coefficient (Wildman–Crippen LogP) is 5.96.